The lowest BCUT2D eigenvalue weighted by molar-refractivity contribution is 0.102. The molecule has 2 aromatic carbocycles. The summed E-state index contributed by atoms with van der Waals surface area (Å²) in [6, 6.07) is 15.4. The highest BCUT2D eigenvalue weighted by Crippen LogP contribution is 2.20. The van der Waals surface area contributed by atoms with Crippen LogP contribution in [0.3, 0.4) is 0 Å². The van der Waals surface area contributed by atoms with E-state index in [0.29, 0.717) is 10.9 Å². The zero-order valence-electron chi connectivity index (χ0n) is 12.9. The lowest BCUT2D eigenvalue weighted by Gasteiger charge is -2.05. The average molecular weight is 324 g/mol. The van der Waals surface area contributed by atoms with Crippen LogP contribution in [0.2, 0.25) is 0 Å². The number of benzene rings is 2. The Labute approximate surface area is 138 Å². The summed E-state index contributed by atoms with van der Waals surface area (Å²) in [6.07, 6.45) is 0. The fraction of sp³-hybridized carbons (Fsp3) is 0.176. The van der Waals surface area contributed by atoms with E-state index in [2.05, 4.69) is 15.5 Å². The second kappa shape index (κ2) is 6.75. The van der Waals surface area contributed by atoms with E-state index < -0.39 is 0 Å². The smallest absolute Gasteiger partial charge is 0.214 e. The van der Waals surface area contributed by atoms with Gasteiger partial charge in [0.15, 0.2) is 5.78 Å². The van der Waals surface area contributed by atoms with Gasteiger partial charge >= 0.3 is 0 Å². The minimum absolute atomic E-state index is 0.0701. The van der Waals surface area contributed by atoms with Gasteiger partial charge in [-0.05, 0) is 53.6 Å². The Kier molecular flexibility index (Phi) is 4.52. The molecule has 5 nitrogen and oxygen atoms in total. The standard InChI is InChI=1S/C17H16N4OS/c1-12-8-9-14(10-13(12)2)16(22)11-23-17-18-19-20-21(17)15-6-4-3-5-7-15/h3-10H,11H2,1-2H3. The number of carbonyl (C=O) groups is 1. The van der Waals surface area contributed by atoms with E-state index >= 15 is 0 Å². The Morgan fingerprint density at radius 2 is 1.87 bits per heavy atom. The molecule has 0 saturated carbocycles. The van der Waals surface area contributed by atoms with E-state index in [1.165, 1.54) is 17.3 Å². The quantitative estimate of drug-likeness (QED) is 0.532. The number of aryl methyl sites for hydroxylation is 2. The van der Waals surface area contributed by atoms with Crippen LogP contribution in [0.5, 0.6) is 0 Å². The first-order chi connectivity index (χ1) is 11.1. The van der Waals surface area contributed by atoms with Gasteiger partial charge < -0.3 is 0 Å². The monoisotopic (exact) mass is 324 g/mol. The van der Waals surface area contributed by atoms with Crippen LogP contribution in [0.4, 0.5) is 0 Å². The molecule has 0 unspecified atom stereocenters. The second-order valence-corrected chi connectivity index (χ2v) is 6.16. The van der Waals surface area contributed by atoms with Crippen LogP contribution in [-0.4, -0.2) is 31.7 Å². The summed E-state index contributed by atoms with van der Waals surface area (Å²) in [5, 5.41) is 12.3. The van der Waals surface area contributed by atoms with Gasteiger partial charge in [-0.1, -0.05) is 42.1 Å². The molecule has 3 aromatic rings. The predicted octanol–water partition coefficient (Wildman–Crippen LogP) is 3.25. The molecular weight excluding hydrogens is 308 g/mol. The van der Waals surface area contributed by atoms with Gasteiger partial charge in [0.05, 0.1) is 11.4 Å². The van der Waals surface area contributed by atoms with Gasteiger partial charge in [-0.2, -0.15) is 4.68 Å². The Balaban J connectivity index is 1.73. The van der Waals surface area contributed by atoms with Gasteiger partial charge in [-0.3, -0.25) is 4.79 Å². The van der Waals surface area contributed by atoms with Gasteiger partial charge in [0, 0.05) is 5.56 Å². The number of ketones is 1. The number of Topliss-reactive ketones (excluding diaryl/α,β-unsaturated/α-hetero) is 1. The maximum Gasteiger partial charge on any atom is 0.214 e. The van der Waals surface area contributed by atoms with Crippen LogP contribution in [0, 0.1) is 13.8 Å². The fourth-order valence-electron chi connectivity index (χ4n) is 2.13. The van der Waals surface area contributed by atoms with Crippen molar-refractivity contribution in [1.29, 1.82) is 0 Å². The highest BCUT2D eigenvalue weighted by molar-refractivity contribution is 7.99. The van der Waals surface area contributed by atoms with Gasteiger partial charge in [-0.25, -0.2) is 0 Å². The maximum atomic E-state index is 12.4. The Morgan fingerprint density at radius 1 is 1.09 bits per heavy atom. The van der Waals surface area contributed by atoms with E-state index in [0.717, 1.165) is 16.8 Å². The van der Waals surface area contributed by atoms with Gasteiger partial charge in [0.1, 0.15) is 0 Å². The van der Waals surface area contributed by atoms with Crippen LogP contribution in [0.1, 0.15) is 21.5 Å². The highest BCUT2D eigenvalue weighted by Gasteiger charge is 2.13. The number of nitrogens with zero attached hydrogens (tertiary/aromatic N) is 4. The minimum Gasteiger partial charge on any atom is -0.293 e. The van der Waals surface area contributed by atoms with E-state index in [-0.39, 0.29) is 5.78 Å². The van der Waals surface area contributed by atoms with Gasteiger partial charge in [0.25, 0.3) is 0 Å². The number of hydrogen-bond donors (Lipinski definition) is 0. The van der Waals surface area contributed by atoms with Crippen molar-refractivity contribution in [2.45, 2.75) is 19.0 Å². The fourth-order valence-corrected chi connectivity index (χ4v) is 2.91. The highest BCUT2D eigenvalue weighted by atomic mass is 32.2. The number of para-hydroxylation sites is 1. The molecule has 1 heterocycles. The molecule has 1 aromatic heterocycles. The Bertz CT molecular complexity index is 830. The van der Waals surface area contributed by atoms with Crippen LogP contribution in [0.25, 0.3) is 5.69 Å². The summed E-state index contributed by atoms with van der Waals surface area (Å²) in [4.78, 5) is 12.4. The third-order valence-corrected chi connectivity index (χ3v) is 4.52. The first kappa shape index (κ1) is 15.4. The zero-order valence-corrected chi connectivity index (χ0v) is 13.7. The van der Waals surface area contributed by atoms with Crippen LogP contribution in [-0.2, 0) is 0 Å². The largest absolute Gasteiger partial charge is 0.293 e. The predicted molar refractivity (Wildman–Crippen MR) is 90.1 cm³/mol. The molecule has 0 fully saturated rings. The molecule has 0 amide bonds. The summed E-state index contributed by atoms with van der Waals surface area (Å²) in [6.45, 7) is 4.04. The number of carbonyl (C=O) groups excluding carboxylic acids is 1. The summed E-state index contributed by atoms with van der Waals surface area (Å²) in [5.74, 6) is 0.371. The molecule has 0 aliphatic rings. The van der Waals surface area contributed by atoms with Crippen molar-refractivity contribution in [3.8, 4) is 5.69 Å². The molecule has 0 spiro atoms. The van der Waals surface area contributed by atoms with E-state index in [4.69, 9.17) is 0 Å². The molecule has 0 atom stereocenters. The maximum absolute atomic E-state index is 12.4. The van der Waals surface area contributed by atoms with Crippen molar-refractivity contribution < 1.29 is 4.79 Å². The molecule has 3 rings (SSSR count). The molecule has 0 aliphatic carbocycles. The summed E-state index contributed by atoms with van der Waals surface area (Å²) >= 11 is 1.34. The second-order valence-electron chi connectivity index (χ2n) is 5.22. The van der Waals surface area contributed by atoms with Crippen molar-refractivity contribution >= 4 is 17.5 Å². The number of rotatable bonds is 5. The third kappa shape index (κ3) is 3.48. The molecule has 0 saturated heterocycles. The summed E-state index contributed by atoms with van der Waals surface area (Å²) in [7, 11) is 0. The van der Waals surface area contributed by atoms with E-state index in [1.54, 1.807) is 4.68 Å². The Hall–Kier alpha value is -2.47. The Morgan fingerprint density at radius 3 is 2.61 bits per heavy atom. The van der Waals surface area contributed by atoms with Crippen molar-refractivity contribution in [1.82, 2.24) is 20.2 Å². The van der Waals surface area contributed by atoms with Crippen molar-refractivity contribution in [3.05, 3.63) is 65.2 Å². The SMILES string of the molecule is Cc1ccc(C(=O)CSc2nnnn2-c2ccccc2)cc1C. The molecule has 0 N–H and O–H groups in total. The topological polar surface area (TPSA) is 60.7 Å². The van der Waals surface area contributed by atoms with Crippen molar-refractivity contribution in [3.63, 3.8) is 0 Å². The normalized spacial score (nSPS) is 10.7. The summed E-state index contributed by atoms with van der Waals surface area (Å²) in [5.41, 5.74) is 3.90. The zero-order chi connectivity index (χ0) is 16.2. The van der Waals surface area contributed by atoms with Crippen LogP contribution >= 0.6 is 11.8 Å². The molecular formula is C17H16N4OS. The molecule has 23 heavy (non-hydrogen) atoms. The molecule has 0 radical (unpaired) electrons. The lowest BCUT2D eigenvalue weighted by atomic mass is 10.0. The van der Waals surface area contributed by atoms with E-state index in [9.17, 15) is 4.79 Å². The third-order valence-electron chi connectivity index (χ3n) is 3.60. The first-order valence-electron chi connectivity index (χ1n) is 7.22. The number of thioether (sulfide) groups is 1. The van der Waals surface area contributed by atoms with Gasteiger partial charge in [-0.15, -0.1) is 5.10 Å². The van der Waals surface area contributed by atoms with Crippen molar-refractivity contribution in [2.24, 2.45) is 0 Å². The molecule has 0 aliphatic heterocycles. The summed E-state index contributed by atoms with van der Waals surface area (Å²) < 4.78 is 1.64. The molecule has 116 valence electrons. The minimum atomic E-state index is 0.0701. The van der Waals surface area contributed by atoms with Crippen LogP contribution < -0.4 is 0 Å². The molecule has 0 bridgehead atoms. The van der Waals surface area contributed by atoms with Crippen molar-refractivity contribution in [2.75, 3.05) is 5.75 Å². The number of hydrogen-bond acceptors (Lipinski definition) is 5. The number of tetrazole rings is 1. The molecule has 6 heteroatoms. The first-order valence-corrected chi connectivity index (χ1v) is 8.21. The van der Waals surface area contributed by atoms with Crippen LogP contribution in [0.15, 0.2) is 53.7 Å². The number of aromatic nitrogens is 4. The average Bonchev–Trinajstić information content (AvgIpc) is 3.04. The van der Waals surface area contributed by atoms with E-state index in [1.807, 2.05) is 62.4 Å². The van der Waals surface area contributed by atoms with Gasteiger partial charge in [0.2, 0.25) is 5.16 Å². The lowest BCUT2D eigenvalue weighted by Crippen LogP contribution is -2.05.